The summed E-state index contributed by atoms with van der Waals surface area (Å²) in [5.41, 5.74) is 1.64. The number of nitrogens with one attached hydrogen (secondary N) is 1. The molecule has 1 fully saturated rings. The lowest BCUT2D eigenvalue weighted by Gasteiger charge is -2.32. The van der Waals surface area contributed by atoms with E-state index in [1.165, 1.54) is 25.7 Å². The van der Waals surface area contributed by atoms with Crippen molar-refractivity contribution in [3.63, 3.8) is 0 Å². The molecule has 94 valence electrons. The highest BCUT2D eigenvalue weighted by atomic mass is 14.8. The van der Waals surface area contributed by atoms with Gasteiger partial charge in [-0.05, 0) is 63.5 Å². The van der Waals surface area contributed by atoms with Gasteiger partial charge in [0.1, 0.15) is 0 Å². The van der Waals surface area contributed by atoms with Crippen LogP contribution in [0.2, 0.25) is 0 Å². The van der Waals surface area contributed by atoms with Crippen molar-refractivity contribution in [1.82, 2.24) is 5.32 Å². The second-order valence-electron chi connectivity index (χ2n) is 5.55. The summed E-state index contributed by atoms with van der Waals surface area (Å²) in [7, 11) is 0. The standard InChI is InChI=1S/C15H29N/c1-5-16-10-6-7-13(3)15-9-8-12(2)14(4)11-15/h7,12,14-16H,5-6,8-11H2,1-4H3. The molecule has 1 aliphatic carbocycles. The Bertz CT molecular complexity index is 219. The van der Waals surface area contributed by atoms with E-state index in [9.17, 15) is 0 Å². The molecule has 1 nitrogen and oxygen atoms in total. The van der Waals surface area contributed by atoms with Crippen molar-refractivity contribution in [3.8, 4) is 0 Å². The van der Waals surface area contributed by atoms with Gasteiger partial charge in [0.05, 0.1) is 0 Å². The van der Waals surface area contributed by atoms with Crippen LogP contribution in [0.15, 0.2) is 11.6 Å². The van der Waals surface area contributed by atoms with Crippen LogP contribution in [0.3, 0.4) is 0 Å². The third-order valence-corrected chi connectivity index (χ3v) is 4.28. The third-order valence-electron chi connectivity index (χ3n) is 4.28. The van der Waals surface area contributed by atoms with E-state index < -0.39 is 0 Å². The Balaban J connectivity index is 2.33. The highest BCUT2D eigenvalue weighted by Crippen LogP contribution is 2.36. The van der Waals surface area contributed by atoms with Crippen LogP contribution in [-0.4, -0.2) is 13.1 Å². The smallest absolute Gasteiger partial charge is 0.00143 e. The zero-order valence-corrected chi connectivity index (χ0v) is 11.6. The van der Waals surface area contributed by atoms with Crippen LogP contribution < -0.4 is 5.32 Å². The minimum Gasteiger partial charge on any atom is -0.317 e. The van der Waals surface area contributed by atoms with E-state index in [1.54, 1.807) is 5.57 Å². The first kappa shape index (κ1) is 13.8. The summed E-state index contributed by atoms with van der Waals surface area (Å²) in [5.74, 6) is 2.72. The van der Waals surface area contributed by atoms with Gasteiger partial charge in [0.2, 0.25) is 0 Å². The van der Waals surface area contributed by atoms with Crippen molar-refractivity contribution in [1.29, 1.82) is 0 Å². The zero-order chi connectivity index (χ0) is 12.0. The predicted octanol–water partition coefficient (Wildman–Crippen LogP) is 4.00. The van der Waals surface area contributed by atoms with Crippen LogP contribution in [0.5, 0.6) is 0 Å². The Kier molecular flexibility index (Phi) is 6.12. The maximum Gasteiger partial charge on any atom is -0.00143 e. The van der Waals surface area contributed by atoms with E-state index >= 15 is 0 Å². The maximum atomic E-state index is 3.38. The monoisotopic (exact) mass is 223 g/mol. The van der Waals surface area contributed by atoms with Gasteiger partial charge in [-0.2, -0.15) is 0 Å². The molecule has 1 heteroatoms. The Hall–Kier alpha value is -0.300. The fourth-order valence-electron chi connectivity index (χ4n) is 2.71. The second kappa shape index (κ2) is 7.11. The second-order valence-corrected chi connectivity index (χ2v) is 5.55. The molecule has 0 heterocycles. The largest absolute Gasteiger partial charge is 0.317 e. The minimum atomic E-state index is 0.868. The highest BCUT2D eigenvalue weighted by molar-refractivity contribution is 5.05. The molecule has 0 aromatic rings. The average molecular weight is 223 g/mol. The van der Waals surface area contributed by atoms with Crippen LogP contribution in [0.4, 0.5) is 0 Å². The first-order valence-electron chi connectivity index (χ1n) is 7.02. The van der Waals surface area contributed by atoms with Gasteiger partial charge in [-0.15, -0.1) is 0 Å². The summed E-state index contributed by atoms with van der Waals surface area (Å²) in [5, 5.41) is 3.38. The highest BCUT2D eigenvalue weighted by Gasteiger charge is 2.24. The van der Waals surface area contributed by atoms with Gasteiger partial charge in [0.25, 0.3) is 0 Å². The molecule has 1 saturated carbocycles. The fourth-order valence-corrected chi connectivity index (χ4v) is 2.71. The average Bonchev–Trinajstić information content (AvgIpc) is 2.28. The Morgan fingerprint density at radius 3 is 2.62 bits per heavy atom. The normalized spacial score (nSPS) is 31.8. The van der Waals surface area contributed by atoms with Crippen LogP contribution >= 0.6 is 0 Å². The molecular formula is C15H29N. The molecule has 0 saturated heterocycles. The molecule has 0 radical (unpaired) electrons. The first-order valence-corrected chi connectivity index (χ1v) is 7.02. The van der Waals surface area contributed by atoms with Crippen molar-refractivity contribution in [3.05, 3.63) is 11.6 Å². The SMILES string of the molecule is CCNCCC=C(C)C1CCC(C)C(C)C1. The summed E-state index contributed by atoms with van der Waals surface area (Å²) in [4.78, 5) is 0. The van der Waals surface area contributed by atoms with E-state index in [4.69, 9.17) is 0 Å². The van der Waals surface area contributed by atoms with Gasteiger partial charge in [-0.1, -0.05) is 32.4 Å². The molecule has 1 aliphatic rings. The van der Waals surface area contributed by atoms with E-state index in [0.717, 1.165) is 30.8 Å². The van der Waals surface area contributed by atoms with E-state index in [0.29, 0.717) is 0 Å². The Morgan fingerprint density at radius 1 is 1.25 bits per heavy atom. The van der Waals surface area contributed by atoms with E-state index in [2.05, 4.69) is 39.1 Å². The quantitative estimate of drug-likeness (QED) is 0.548. The minimum absolute atomic E-state index is 0.868. The maximum absolute atomic E-state index is 3.38. The number of allylic oxidation sites excluding steroid dienone is 1. The van der Waals surface area contributed by atoms with Gasteiger partial charge in [-0.25, -0.2) is 0 Å². The Labute approximate surface area is 102 Å². The van der Waals surface area contributed by atoms with Gasteiger partial charge < -0.3 is 5.32 Å². The summed E-state index contributed by atoms with van der Waals surface area (Å²) >= 11 is 0. The van der Waals surface area contributed by atoms with Crippen molar-refractivity contribution in [2.24, 2.45) is 17.8 Å². The molecule has 0 bridgehead atoms. The molecule has 16 heavy (non-hydrogen) atoms. The molecule has 0 spiro atoms. The lowest BCUT2D eigenvalue weighted by atomic mass is 9.73. The first-order chi connectivity index (χ1) is 7.65. The molecular weight excluding hydrogens is 194 g/mol. The van der Waals surface area contributed by atoms with E-state index in [-0.39, 0.29) is 0 Å². The van der Waals surface area contributed by atoms with Crippen LogP contribution in [0, 0.1) is 17.8 Å². The van der Waals surface area contributed by atoms with E-state index in [1.807, 2.05) is 0 Å². The van der Waals surface area contributed by atoms with Crippen molar-refractivity contribution < 1.29 is 0 Å². The molecule has 0 aromatic carbocycles. The van der Waals surface area contributed by atoms with Crippen LogP contribution in [-0.2, 0) is 0 Å². The van der Waals surface area contributed by atoms with Gasteiger partial charge in [0.15, 0.2) is 0 Å². The van der Waals surface area contributed by atoms with Gasteiger partial charge in [0, 0.05) is 0 Å². The summed E-state index contributed by atoms with van der Waals surface area (Å²) < 4.78 is 0. The topological polar surface area (TPSA) is 12.0 Å². The Morgan fingerprint density at radius 2 is 2.00 bits per heavy atom. The lowest BCUT2D eigenvalue weighted by Crippen LogP contribution is -2.21. The molecule has 0 aromatic heterocycles. The fraction of sp³-hybridized carbons (Fsp3) is 0.867. The molecule has 1 rings (SSSR count). The van der Waals surface area contributed by atoms with Crippen molar-refractivity contribution >= 4 is 0 Å². The summed E-state index contributed by atoms with van der Waals surface area (Å²) in [6, 6.07) is 0. The van der Waals surface area contributed by atoms with Gasteiger partial charge >= 0.3 is 0 Å². The van der Waals surface area contributed by atoms with Gasteiger partial charge in [-0.3, -0.25) is 0 Å². The lowest BCUT2D eigenvalue weighted by molar-refractivity contribution is 0.229. The number of hydrogen-bond acceptors (Lipinski definition) is 1. The number of hydrogen-bond donors (Lipinski definition) is 1. The predicted molar refractivity (Wildman–Crippen MR) is 72.6 cm³/mol. The van der Waals surface area contributed by atoms with Crippen molar-refractivity contribution in [2.45, 2.75) is 53.4 Å². The molecule has 0 aliphatic heterocycles. The third kappa shape index (κ3) is 4.29. The molecule has 3 unspecified atom stereocenters. The summed E-state index contributed by atoms with van der Waals surface area (Å²) in [6.07, 6.45) is 7.89. The summed E-state index contributed by atoms with van der Waals surface area (Å²) in [6.45, 7) is 11.5. The zero-order valence-electron chi connectivity index (χ0n) is 11.6. The van der Waals surface area contributed by atoms with Crippen molar-refractivity contribution in [2.75, 3.05) is 13.1 Å². The molecule has 1 N–H and O–H groups in total. The van der Waals surface area contributed by atoms with Crippen LogP contribution in [0.25, 0.3) is 0 Å². The van der Waals surface area contributed by atoms with Crippen LogP contribution in [0.1, 0.15) is 53.4 Å². The molecule has 0 amide bonds. The molecule has 3 atom stereocenters. The number of rotatable bonds is 5.